The number of rotatable bonds is 4. The Labute approximate surface area is 178 Å². The van der Waals surface area contributed by atoms with Gasteiger partial charge in [-0.3, -0.25) is 0 Å². The molecule has 0 fully saturated rings. The van der Waals surface area contributed by atoms with Crippen LogP contribution in [0.4, 0.5) is 15.8 Å². The van der Waals surface area contributed by atoms with Crippen molar-refractivity contribution in [2.45, 2.75) is 26.2 Å². The van der Waals surface area contributed by atoms with E-state index in [0.717, 1.165) is 22.4 Å². The van der Waals surface area contributed by atoms with E-state index in [1.807, 2.05) is 84.9 Å². The minimum Gasteiger partial charge on any atom is -0.353 e. The van der Waals surface area contributed by atoms with E-state index in [0.29, 0.717) is 11.3 Å². The molecule has 0 amide bonds. The van der Waals surface area contributed by atoms with Crippen LogP contribution in [-0.2, 0) is 5.41 Å². The van der Waals surface area contributed by atoms with Crippen LogP contribution in [0.25, 0.3) is 22.3 Å². The van der Waals surface area contributed by atoms with Crippen molar-refractivity contribution in [3.05, 3.63) is 108 Å². The lowest BCUT2D eigenvalue weighted by Gasteiger charge is -2.20. The molecule has 0 aliphatic heterocycles. The predicted octanol–water partition coefficient (Wildman–Crippen LogP) is 8.20. The first-order valence-electron chi connectivity index (χ1n) is 10.2. The van der Waals surface area contributed by atoms with Crippen LogP contribution in [0, 0.1) is 5.82 Å². The fourth-order valence-corrected chi connectivity index (χ4v) is 3.55. The normalized spacial score (nSPS) is 11.3. The second-order valence-electron chi connectivity index (χ2n) is 8.57. The van der Waals surface area contributed by atoms with Gasteiger partial charge in [-0.1, -0.05) is 93.6 Å². The summed E-state index contributed by atoms with van der Waals surface area (Å²) in [5, 5.41) is 3.30. The molecule has 1 nitrogen and oxygen atoms in total. The van der Waals surface area contributed by atoms with E-state index in [-0.39, 0.29) is 11.2 Å². The average Bonchev–Trinajstić information content (AvgIpc) is 2.76. The molecule has 0 spiro atoms. The second kappa shape index (κ2) is 8.16. The Bertz CT molecular complexity index is 1130. The van der Waals surface area contributed by atoms with Crippen LogP contribution in [0.3, 0.4) is 0 Å². The summed E-state index contributed by atoms with van der Waals surface area (Å²) in [5.74, 6) is -0.249. The highest BCUT2D eigenvalue weighted by Crippen LogP contribution is 2.35. The second-order valence-corrected chi connectivity index (χ2v) is 8.57. The zero-order valence-corrected chi connectivity index (χ0v) is 17.6. The summed E-state index contributed by atoms with van der Waals surface area (Å²) in [6.45, 7) is 6.56. The third-order valence-electron chi connectivity index (χ3n) is 5.29. The third kappa shape index (κ3) is 4.28. The average molecular weight is 396 g/mol. The van der Waals surface area contributed by atoms with Gasteiger partial charge in [-0.15, -0.1) is 0 Å². The lowest BCUT2D eigenvalue weighted by molar-refractivity contribution is 0.590. The Hall–Kier alpha value is -3.39. The summed E-state index contributed by atoms with van der Waals surface area (Å²) < 4.78 is 15.5. The monoisotopic (exact) mass is 395 g/mol. The fourth-order valence-electron chi connectivity index (χ4n) is 3.55. The van der Waals surface area contributed by atoms with Gasteiger partial charge in [-0.05, 0) is 51.9 Å². The van der Waals surface area contributed by atoms with Gasteiger partial charge in [0.05, 0.1) is 5.69 Å². The van der Waals surface area contributed by atoms with Crippen molar-refractivity contribution >= 4 is 11.4 Å². The van der Waals surface area contributed by atoms with Crippen LogP contribution in [0.2, 0.25) is 0 Å². The molecule has 0 aromatic heterocycles. The number of nitrogens with one attached hydrogen (secondary N) is 1. The largest absolute Gasteiger partial charge is 0.353 e. The van der Waals surface area contributed by atoms with Crippen molar-refractivity contribution in [3.8, 4) is 22.3 Å². The molecule has 4 rings (SSSR count). The molecular weight excluding hydrogens is 369 g/mol. The first-order valence-corrected chi connectivity index (χ1v) is 10.2. The summed E-state index contributed by atoms with van der Waals surface area (Å²) in [4.78, 5) is 0. The first-order chi connectivity index (χ1) is 14.4. The zero-order valence-electron chi connectivity index (χ0n) is 17.6. The van der Waals surface area contributed by atoms with Crippen molar-refractivity contribution in [2.75, 3.05) is 5.32 Å². The van der Waals surface area contributed by atoms with Crippen LogP contribution in [-0.4, -0.2) is 0 Å². The van der Waals surface area contributed by atoms with Gasteiger partial charge in [0.15, 0.2) is 5.82 Å². The van der Waals surface area contributed by atoms with Gasteiger partial charge in [0, 0.05) is 11.3 Å². The van der Waals surface area contributed by atoms with Crippen LogP contribution in [0.5, 0.6) is 0 Å². The molecule has 0 bridgehead atoms. The van der Waals surface area contributed by atoms with E-state index in [2.05, 4.69) is 38.2 Å². The van der Waals surface area contributed by atoms with Gasteiger partial charge in [0.25, 0.3) is 0 Å². The van der Waals surface area contributed by atoms with Crippen molar-refractivity contribution in [1.82, 2.24) is 0 Å². The maximum atomic E-state index is 15.5. The number of hydrogen-bond donors (Lipinski definition) is 1. The number of halogens is 1. The Kier molecular flexibility index (Phi) is 5.41. The van der Waals surface area contributed by atoms with Crippen molar-refractivity contribution in [2.24, 2.45) is 0 Å². The molecule has 0 unspecified atom stereocenters. The molecule has 1 N–H and O–H groups in total. The predicted molar refractivity (Wildman–Crippen MR) is 126 cm³/mol. The summed E-state index contributed by atoms with van der Waals surface area (Å²) >= 11 is 0. The summed E-state index contributed by atoms with van der Waals surface area (Å²) in [6.07, 6.45) is 0. The zero-order chi connectivity index (χ0) is 21.1. The lowest BCUT2D eigenvalue weighted by Crippen LogP contribution is -2.10. The number of anilines is 2. The first kappa shape index (κ1) is 19.9. The van der Waals surface area contributed by atoms with Gasteiger partial charge in [-0.25, -0.2) is 4.39 Å². The molecule has 0 atom stereocenters. The Morgan fingerprint density at radius 3 is 1.77 bits per heavy atom. The van der Waals surface area contributed by atoms with Crippen LogP contribution in [0.1, 0.15) is 26.3 Å². The smallest absolute Gasteiger partial charge is 0.154 e. The summed E-state index contributed by atoms with van der Waals surface area (Å²) in [7, 11) is 0. The molecule has 4 aromatic rings. The minimum atomic E-state index is -0.249. The van der Waals surface area contributed by atoms with Gasteiger partial charge in [0.1, 0.15) is 0 Å². The van der Waals surface area contributed by atoms with Gasteiger partial charge in [0.2, 0.25) is 0 Å². The highest BCUT2D eigenvalue weighted by atomic mass is 19.1. The van der Waals surface area contributed by atoms with E-state index in [4.69, 9.17) is 0 Å². The Morgan fingerprint density at radius 2 is 1.20 bits per heavy atom. The lowest BCUT2D eigenvalue weighted by atomic mass is 9.87. The van der Waals surface area contributed by atoms with Crippen molar-refractivity contribution < 1.29 is 4.39 Å². The SMILES string of the molecule is CC(C)(C)c1ccc(Nc2cc(-c3ccccc3)cc(-c3ccccc3)c2F)cc1. The number of hydrogen-bond acceptors (Lipinski definition) is 1. The molecule has 0 heterocycles. The molecule has 0 saturated heterocycles. The van der Waals surface area contributed by atoms with Crippen molar-refractivity contribution in [1.29, 1.82) is 0 Å². The van der Waals surface area contributed by atoms with E-state index in [1.54, 1.807) is 0 Å². The molecule has 2 heteroatoms. The number of benzene rings is 4. The van der Waals surface area contributed by atoms with Crippen molar-refractivity contribution in [3.63, 3.8) is 0 Å². The fraction of sp³-hybridized carbons (Fsp3) is 0.143. The Balaban J connectivity index is 1.78. The maximum Gasteiger partial charge on any atom is 0.154 e. The third-order valence-corrected chi connectivity index (χ3v) is 5.29. The van der Waals surface area contributed by atoms with E-state index in [1.165, 1.54) is 5.56 Å². The van der Waals surface area contributed by atoms with E-state index >= 15 is 4.39 Å². The molecule has 150 valence electrons. The highest BCUT2D eigenvalue weighted by molar-refractivity contribution is 5.80. The van der Waals surface area contributed by atoms with Crippen LogP contribution in [0.15, 0.2) is 97.1 Å². The van der Waals surface area contributed by atoms with Gasteiger partial charge >= 0.3 is 0 Å². The van der Waals surface area contributed by atoms with Crippen LogP contribution >= 0.6 is 0 Å². The summed E-state index contributed by atoms with van der Waals surface area (Å²) in [6, 6.07) is 31.8. The van der Waals surface area contributed by atoms with E-state index < -0.39 is 0 Å². The topological polar surface area (TPSA) is 12.0 Å². The highest BCUT2D eigenvalue weighted by Gasteiger charge is 2.15. The molecule has 0 radical (unpaired) electrons. The van der Waals surface area contributed by atoms with Gasteiger partial charge in [-0.2, -0.15) is 0 Å². The van der Waals surface area contributed by atoms with Gasteiger partial charge < -0.3 is 5.32 Å². The Morgan fingerprint density at radius 1 is 0.633 bits per heavy atom. The van der Waals surface area contributed by atoms with E-state index in [9.17, 15) is 0 Å². The standard InChI is InChI=1S/C28H26FN/c1-28(2,3)23-14-16-24(17-15-23)30-26-19-22(20-10-6-4-7-11-20)18-25(27(26)29)21-12-8-5-9-13-21/h4-19,30H,1-3H3. The molecule has 0 saturated carbocycles. The molecule has 30 heavy (non-hydrogen) atoms. The molecule has 4 aromatic carbocycles. The maximum absolute atomic E-state index is 15.5. The summed E-state index contributed by atoms with van der Waals surface area (Å²) in [5.41, 5.74) is 6.15. The minimum absolute atomic E-state index is 0.0808. The van der Waals surface area contributed by atoms with Crippen LogP contribution < -0.4 is 5.32 Å². The quantitative estimate of drug-likeness (QED) is 0.367. The molecular formula is C28H26FN. The molecule has 0 aliphatic rings. The molecule has 0 aliphatic carbocycles.